The summed E-state index contributed by atoms with van der Waals surface area (Å²) in [5, 5.41) is 12.6. The van der Waals surface area contributed by atoms with Crippen molar-refractivity contribution in [3.8, 4) is 11.4 Å². The molecule has 4 aromatic rings. The highest BCUT2D eigenvalue weighted by Gasteiger charge is 2.11. The molecule has 0 amide bonds. The molecule has 5 heteroatoms. The summed E-state index contributed by atoms with van der Waals surface area (Å²) < 4.78 is 1.69. The van der Waals surface area contributed by atoms with E-state index in [0.717, 1.165) is 11.3 Å². The molecule has 0 saturated carbocycles. The quantitative estimate of drug-likeness (QED) is 0.581. The third-order valence-corrected chi connectivity index (χ3v) is 3.48. The van der Waals surface area contributed by atoms with Crippen LogP contribution in [0.15, 0.2) is 67.0 Å². The molecule has 2 heterocycles. The zero-order valence-corrected chi connectivity index (χ0v) is 11.8. The third-order valence-electron chi connectivity index (χ3n) is 3.48. The average Bonchev–Trinajstić information content (AvgIpc) is 3.05. The van der Waals surface area contributed by atoms with Crippen LogP contribution in [0.4, 0.5) is 0 Å². The van der Waals surface area contributed by atoms with Crippen molar-refractivity contribution in [3.63, 3.8) is 0 Å². The Morgan fingerprint density at radius 2 is 1.59 bits per heavy atom. The molecule has 5 nitrogen and oxygen atoms in total. The van der Waals surface area contributed by atoms with Gasteiger partial charge in [-0.15, -0.1) is 15.3 Å². The van der Waals surface area contributed by atoms with Gasteiger partial charge in [0, 0.05) is 12.0 Å². The Bertz CT molecular complexity index is 900. The first-order chi connectivity index (χ1) is 10.9. The molecule has 0 saturated heterocycles. The molecule has 0 bridgehead atoms. The molecule has 2 aromatic heterocycles. The minimum absolute atomic E-state index is 0.679. The molecular weight excluding hydrogens is 274 g/mol. The second kappa shape index (κ2) is 5.37. The first-order valence-electron chi connectivity index (χ1n) is 7.06. The van der Waals surface area contributed by atoms with Crippen LogP contribution in [0.1, 0.15) is 11.3 Å². The SMILES string of the molecule is c1ccc(Cc2nc(-c3ccccc3)nn3cnnc23)cc1. The van der Waals surface area contributed by atoms with Crippen molar-refractivity contribution in [2.24, 2.45) is 0 Å². The second-order valence-electron chi connectivity index (χ2n) is 5.01. The van der Waals surface area contributed by atoms with E-state index in [1.807, 2.05) is 48.5 Å². The van der Waals surface area contributed by atoms with Crippen LogP contribution in [0.5, 0.6) is 0 Å². The Labute approximate surface area is 127 Å². The van der Waals surface area contributed by atoms with Gasteiger partial charge in [-0.3, -0.25) is 0 Å². The van der Waals surface area contributed by atoms with E-state index >= 15 is 0 Å². The van der Waals surface area contributed by atoms with E-state index < -0.39 is 0 Å². The van der Waals surface area contributed by atoms with Gasteiger partial charge in [0.15, 0.2) is 11.5 Å². The maximum atomic E-state index is 4.70. The van der Waals surface area contributed by atoms with Gasteiger partial charge in [0.05, 0.1) is 5.69 Å². The fourth-order valence-electron chi connectivity index (χ4n) is 2.41. The van der Waals surface area contributed by atoms with Crippen LogP contribution in [-0.4, -0.2) is 24.8 Å². The Kier molecular flexibility index (Phi) is 3.08. The monoisotopic (exact) mass is 287 g/mol. The summed E-state index contributed by atoms with van der Waals surface area (Å²) in [5.41, 5.74) is 3.73. The lowest BCUT2D eigenvalue weighted by Gasteiger charge is -2.06. The zero-order chi connectivity index (χ0) is 14.8. The number of nitrogens with zero attached hydrogens (tertiary/aromatic N) is 5. The van der Waals surface area contributed by atoms with Crippen LogP contribution in [0.2, 0.25) is 0 Å². The number of hydrogen-bond donors (Lipinski definition) is 0. The van der Waals surface area contributed by atoms with Gasteiger partial charge in [0.2, 0.25) is 0 Å². The first-order valence-corrected chi connectivity index (χ1v) is 7.06. The summed E-state index contributed by atoms with van der Waals surface area (Å²) in [6.45, 7) is 0. The predicted molar refractivity (Wildman–Crippen MR) is 83.3 cm³/mol. The van der Waals surface area contributed by atoms with Crippen LogP contribution in [0, 0.1) is 0 Å². The molecule has 0 radical (unpaired) electrons. The molecule has 0 unspecified atom stereocenters. The van der Waals surface area contributed by atoms with Gasteiger partial charge in [0.25, 0.3) is 0 Å². The van der Waals surface area contributed by atoms with E-state index in [-0.39, 0.29) is 0 Å². The molecule has 22 heavy (non-hydrogen) atoms. The van der Waals surface area contributed by atoms with Gasteiger partial charge in [-0.05, 0) is 5.56 Å². The topological polar surface area (TPSA) is 56.0 Å². The Hall–Kier alpha value is -3.08. The summed E-state index contributed by atoms with van der Waals surface area (Å²) in [6, 6.07) is 20.1. The zero-order valence-electron chi connectivity index (χ0n) is 11.8. The summed E-state index contributed by atoms with van der Waals surface area (Å²) in [7, 11) is 0. The largest absolute Gasteiger partial charge is 0.227 e. The standard InChI is InChI=1S/C17H13N5/c1-3-7-13(8-4-1)11-15-17-20-18-12-22(17)21-16(19-15)14-9-5-2-6-10-14/h1-10,12H,11H2. The van der Waals surface area contributed by atoms with Crippen molar-refractivity contribution in [2.75, 3.05) is 0 Å². The Morgan fingerprint density at radius 3 is 2.36 bits per heavy atom. The van der Waals surface area contributed by atoms with Crippen molar-refractivity contribution in [2.45, 2.75) is 6.42 Å². The van der Waals surface area contributed by atoms with Crippen LogP contribution in [0.25, 0.3) is 17.0 Å². The van der Waals surface area contributed by atoms with Crippen LogP contribution >= 0.6 is 0 Å². The van der Waals surface area contributed by atoms with E-state index in [0.29, 0.717) is 17.9 Å². The van der Waals surface area contributed by atoms with Crippen molar-refractivity contribution in [1.82, 2.24) is 24.8 Å². The van der Waals surface area contributed by atoms with Gasteiger partial charge >= 0.3 is 0 Å². The lowest BCUT2D eigenvalue weighted by Crippen LogP contribution is -2.04. The van der Waals surface area contributed by atoms with Crippen LogP contribution in [-0.2, 0) is 6.42 Å². The molecule has 0 spiro atoms. The van der Waals surface area contributed by atoms with Crippen LogP contribution < -0.4 is 0 Å². The molecule has 0 aliphatic carbocycles. The Balaban J connectivity index is 1.84. The molecule has 0 atom stereocenters. The van der Waals surface area contributed by atoms with Gasteiger partial charge in [-0.25, -0.2) is 4.98 Å². The lowest BCUT2D eigenvalue weighted by molar-refractivity contribution is 0.874. The number of rotatable bonds is 3. The molecule has 4 rings (SSSR count). The van der Waals surface area contributed by atoms with Gasteiger partial charge in [-0.1, -0.05) is 60.7 Å². The molecule has 0 fully saturated rings. The molecule has 2 aromatic carbocycles. The average molecular weight is 287 g/mol. The van der Waals surface area contributed by atoms with E-state index in [1.54, 1.807) is 10.8 Å². The fraction of sp³-hybridized carbons (Fsp3) is 0.0588. The number of aromatic nitrogens is 5. The maximum absolute atomic E-state index is 4.70. The van der Waals surface area contributed by atoms with Gasteiger partial charge < -0.3 is 0 Å². The minimum Gasteiger partial charge on any atom is -0.227 e. The van der Waals surface area contributed by atoms with E-state index in [2.05, 4.69) is 27.4 Å². The van der Waals surface area contributed by atoms with Crippen molar-refractivity contribution < 1.29 is 0 Å². The van der Waals surface area contributed by atoms with Gasteiger partial charge in [-0.2, -0.15) is 4.52 Å². The smallest absolute Gasteiger partial charge is 0.199 e. The Morgan fingerprint density at radius 1 is 0.864 bits per heavy atom. The number of hydrogen-bond acceptors (Lipinski definition) is 4. The minimum atomic E-state index is 0.679. The normalized spacial score (nSPS) is 10.9. The van der Waals surface area contributed by atoms with E-state index in [1.165, 1.54) is 5.56 Å². The predicted octanol–water partition coefficient (Wildman–Crippen LogP) is 2.78. The molecule has 0 aliphatic rings. The van der Waals surface area contributed by atoms with E-state index in [9.17, 15) is 0 Å². The second-order valence-corrected chi connectivity index (χ2v) is 5.01. The van der Waals surface area contributed by atoms with Crippen molar-refractivity contribution in [3.05, 3.63) is 78.2 Å². The lowest BCUT2D eigenvalue weighted by atomic mass is 10.1. The van der Waals surface area contributed by atoms with Crippen LogP contribution in [0.3, 0.4) is 0 Å². The van der Waals surface area contributed by atoms with Crippen molar-refractivity contribution in [1.29, 1.82) is 0 Å². The maximum Gasteiger partial charge on any atom is 0.199 e. The van der Waals surface area contributed by atoms with Gasteiger partial charge in [0.1, 0.15) is 6.33 Å². The molecule has 0 aliphatic heterocycles. The molecule has 106 valence electrons. The number of benzene rings is 2. The first kappa shape index (κ1) is 12.6. The molecule has 0 N–H and O–H groups in total. The summed E-state index contributed by atoms with van der Waals surface area (Å²) in [6.07, 6.45) is 2.31. The summed E-state index contributed by atoms with van der Waals surface area (Å²) in [5.74, 6) is 0.679. The molecular formula is C17H13N5. The summed E-state index contributed by atoms with van der Waals surface area (Å²) in [4.78, 5) is 4.70. The van der Waals surface area contributed by atoms with E-state index in [4.69, 9.17) is 4.98 Å². The highest BCUT2D eigenvalue weighted by atomic mass is 15.4. The fourth-order valence-corrected chi connectivity index (χ4v) is 2.41. The highest BCUT2D eigenvalue weighted by molar-refractivity contribution is 5.56. The summed E-state index contributed by atoms with van der Waals surface area (Å²) >= 11 is 0. The highest BCUT2D eigenvalue weighted by Crippen LogP contribution is 2.17. The number of fused-ring (bicyclic) bond motifs is 1. The third kappa shape index (κ3) is 2.33. The van der Waals surface area contributed by atoms with Crippen molar-refractivity contribution >= 4 is 5.65 Å².